The zero-order chi connectivity index (χ0) is 19.0. The molecule has 0 saturated carbocycles. The lowest BCUT2D eigenvalue weighted by molar-refractivity contribution is -0.387. The van der Waals surface area contributed by atoms with Crippen molar-refractivity contribution < 1.29 is 24.0 Å². The number of hydrogen-bond donors (Lipinski definition) is 2. The molecule has 136 valence electrons. The van der Waals surface area contributed by atoms with E-state index >= 15 is 0 Å². The Bertz CT molecular complexity index is 677. The van der Waals surface area contributed by atoms with Gasteiger partial charge in [0.15, 0.2) is 6.61 Å². The highest BCUT2D eigenvalue weighted by atomic mass is 32.2. The minimum atomic E-state index is -0.863. The molecule has 25 heavy (non-hydrogen) atoms. The molecule has 0 aromatic heterocycles. The molecular formula is C15H19N3O6S. The van der Waals surface area contributed by atoms with Gasteiger partial charge in [-0.15, -0.1) is 11.8 Å². The normalized spacial score (nSPS) is 10.2. The van der Waals surface area contributed by atoms with Crippen molar-refractivity contribution in [2.24, 2.45) is 0 Å². The van der Waals surface area contributed by atoms with E-state index in [4.69, 9.17) is 4.74 Å². The Morgan fingerprint density at radius 3 is 2.52 bits per heavy atom. The van der Waals surface area contributed by atoms with Crippen molar-refractivity contribution in [2.75, 3.05) is 19.4 Å². The molecule has 1 aromatic carbocycles. The minimum absolute atomic E-state index is 0.0325. The Morgan fingerprint density at radius 1 is 1.28 bits per heavy atom. The molecule has 2 N–H and O–H groups in total. The average molecular weight is 369 g/mol. The highest BCUT2D eigenvalue weighted by molar-refractivity contribution is 7.98. The third-order valence-electron chi connectivity index (χ3n) is 2.84. The summed E-state index contributed by atoms with van der Waals surface area (Å²) in [4.78, 5) is 45.6. The van der Waals surface area contributed by atoms with E-state index in [1.54, 1.807) is 20.1 Å². The molecule has 0 bridgehead atoms. The van der Waals surface area contributed by atoms with Crippen molar-refractivity contribution in [3.63, 3.8) is 0 Å². The molecule has 0 saturated heterocycles. The Labute approximate surface area is 148 Å². The number of hydrogen-bond acceptors (Lipinski definition) is 7. The smallest absolute Gasteiger partial charge is 0.338 e. The van der Waals surface area contributed by atoms with E-state index in [0.29, 0.717) is 4.90 Å². The Morgan fingerprint density at radius 2 is 1.96 bits per heavy atom. The highest BCUT2D eigenvalue weighted by Gasteiger charge is 2.18. The van der Waals surface area contributed by atoms with Gasteiger partial charge in [-0.3, -0.25) is 19.7 Å². The number of benzene rings is 1. The molecular weight excluding hydrogens is 350 g/mol. The lowest BCUT2D eigenvalue weighted by Gasteiger charge is -2.09. The predicted molar refractivity (Wildman–Crippen MR) is 91.4 cm³/mol. The van der Waals surface area contributed by atoms with Crippen LogP contribution in [0.3, 0.4) is 0 Å². The van der Waals surface area contributed by atoms with Gasteiger partial charge < -0.3 is 15.4 Å². The van der Waals surface area contributed by atoms with E-state index in [1.165, 1.54) is 23.9 Å². The van der Waals surface area contributed by atoms with E-state index in [0.717, 1.165) is 6.07 Å². The van der Waals surface area contributed by atoms with Gasteiger partial charge in [0.25, 0.3) is 11.6 Å². The summed E-state index contributed by atoms with van der Waals surface area (Å²) < 4.78 is 4.80. The van der Waals surface area contributed by atoms with Crippen molar-refractivity contribution >= 4 is 35.2 Å². The van der Waals surface area contributed by atoms with Crippen LogP contribution in [0.15, 0.2) is 23.1 Å². The number of rotatable bonds is 8. The fourth-order valence-electron chi connectivity index (χ4n) is 1.78. The van der Waals surface area contributed by atoms with Gasteiger partial charge in [-0.2, -0.15) is 0 Å². The lowest BCUT2D eigenvalue weighted by atomic mass is 10.2. The van der Waals surface area contributed by atoms with Crippen LogP contribution in [-0.2, 0) is 14.3 Å². The minimum Gasteiger partial charge on any atom is -0.452 e. The van der Waals surface area contributed by atoms with E-state index in [-0.39, 0.29) is 29.7 Å². The summed E-state index contributed by atoms with van der Waals surface area (Å²) in [6, 6.07) is 3.87. The molecule has 0 aliphatic carbocycles. The molecule has 0 aliphatic heterocycles. The maximum absolute atomic E-state index is 11.9. The van der Waals surface area contributed by atoms with Gasteiger partial charge in [-0.25, -0.2) is 4.79 Å². The van der Waals surface area contributed by atoms with Crippen molar-refractivity contribution in [2.45, 2.75) is 24.8 Å². The zero-order valence-electron chi connectivity index (χ0n) is 14.0. The molecule has 0 fully saturated rings. The van der Waals surface area contributed by atoms with Crippen LogP contribution in [0, 0.1) is 10.1 Å². The number of esters is 1. The largest absolute Gasteiger partial charge is 0.452 e. The van der Waals surface area contributed by atoms with E-state index in [9.17, 15) is 24.5 Å². The highest BCUT2D eigenvalue weighted by Crippen LogP contribution is 2.28. The van der Waals surface area contributed by atoms with E-state index < -0.39 is 23.4 Å². The second kappa shape index (κ2) is 9.62. The molecule has 0 heterocycles. The van der Waals surface area contributed by atoms with Crippen LogP contribution < -0.4 is 10.6 Å². The molecule has 0 spiro atoms. The Balaban J connectivity index is 2.56. The van der Waals surface area contributed by atoms with Crippen molar-refractivity contribution in [3.05, 3.63) is 33.9 Å². The molecule has 2 amide bonds. The maximum Gasteiger partial charge on any atom is 0.338 e. The summed E-state index contributed by atoms with van der Waals surface area (Å²) in [5.41, 5.74) is -0.244. The van der Waals surface area contributed by atoms with Crippen molar-refractivity contribution in [1.29, 1.82) is 0 Å². The van der Waals surface area contributed by atoms with Crippen LogP contribution in [0.5, 0.6) is 0 Å². The van der Waals surface area contributed by atoms with Crippen LogP contribution in [0.25, 0.3) is 0 Å². The lowest BCUT2D eigenvalue weighted by Crippen LogP contribution is -2.41. The number of nitrogens with one attached hydrogen (secondary N) is 2. The monoisotopic (exact) mass is 369 g/mol. The fraction of sp³-hybridized carbons (Fsp3) is 0.400. The maximum atomic E-state index is 11.9. The molecule has 0 unspecified atom stereocenters. The van der Waals surface area contributed by atoms with Gasteiger partial charge in [0.05, 0.1) is 21.9 Å². The standard InChI is InChI=1S/C15H19N3O6S/c1-9(2)17-13(19)7-16-14(20)8-24-15(21)10-4-5-12(25-3)11(6-10)18(22)23/h4-6,9H,7-8H2,1-3H3,(H,16,20)(H,17,19). The first-order valence-electron chi connectivity index (χ1n) is 7.30. The molecule has 1 rings (SSSR count). The fourth-order valence-corrected chi connectivity index (χ4v) is 2.32. The number of thioether (sulfide) groups is 1. The van der Waals surface area contributed by atoms with Gasteiger partial charge in [-0.1, -0.05) is 0 Å². The van der Waals surface area contributed by atoms with Crippen molar-refractivity contribution in [3.8, 4) is 0 Å². The van der Waals surface area contributed by atoms with Crippen LogP contribution in [0.4, 0.5) is 5.69 Å². The van der Waals surface area contributed by atoms with Gasteiger partial charge in [-0.05, 0) is 32.2 Å². The quantitative estimate of drug-likeness (QED) is 0.304. The number of carbonyl (C=O) groups excluding carboxylic acids is 3. The van der Waals surface area contributed by atoms with Gasteiger partial charge in [0.1, 0.15) is 0 Å². The first-order valence-corrected chi connectivity index (χ1v) is 8.52. The van der Waals surface area contributed by atoms with Gasteiger partial charge in [0.2, 0.25) is 5.91 Å². The molecule has 10 heteroatoms. The van der Waals surface area contributed by atoms with Gasteiger partial charge >= 0.3 is 5.97 Å². The number of amides is 2. The van der Waals surface area contributed by atoms with Crippen molar-refractivity contribution in [1.82, 2.24) is 10.6 Å². The second-order valence-electron chi connectivity index (χ2n) is 5.22. The summed E-state index contributed by atoms with van der Waals surface area (Å²) in [6.07, 6.45) is 1.68. The predicted octanol–water partition coefficient (Wildman–Crippen LogP) is 1.11. The number of nitrogens with zero attached hydrogens (tertiary/aromatic N) is 1. The molecule has 9 nitrogen and oxygen atoms in total. The first-order chi connectivity index (χ1) is 11.7. The first kappa shape index (κ1) is 20.4. The number of ether oxygens (including phenoxy) is 1. The SMILES string of the molecule is CSc1ccc(C(=O)OCC(=O)NCC(=O)NC(C)C)cc1[N+](=O)[O-]. The molecule has 0 radical (unpaired) electrons. The number of nitro groups is 1. The Hall–Kier alpha value is -2.62. The number of nitro benzene ring substituents is 1. The third kappa shape index (κ3) is 6.79. The van der Waals surface area contributed by atoms with Crippen LogP contribution in [0.2, 0.25) is 0 Å². The summed E-state index contributed by atoms with van der Waals surface area (Å²) in [5, 5.41) is 15.9. The summed E-state index contributed by atoms with van der Waals surface area (Å²) >= 11 is 1.18. The topological polar surface area (TPSA) is 128 Å². The van der Waals surface area contributed by atoms with Gasteiger partial charge in [0, 0.05) is 12.1 Å². The van der Waals surface area contributed by atoms with E-state index in [1.807, 2.05) is 0 Å². The third-order valence-corrected chi connectivity index (χ3v) is 3.63. The average Bonchev–Trinajstić information content (AvgIpc) is 2.56. The van der Waals surface area contributed by atoms with E-state index in [2.05, 4.69) is 10.6 Å². The zero-order valence-corrected chi connectivity index (χ0v) is 14.8. The molecule has 1 aromatic rings. The molecule has 0 aliphatic rings. The second-order valence-corrected chi connectivity index (χ2v) is 6.07. The van der Waals surface area contributed by atoms with Crippen LogP contribution in [-0.4, -0.2) is 48.2 Å². The number of carbonyl (C=O) groups is 3. The molecule has 0 atom stereocenters. The van der Waals surface area contributed by atoms with Crippen LogP contribution >= 0.6 is 11.8 Å². The summed E-state index contributed by atoms with van der Waals surface area (Å²) in [7, 11) is 0. The van der Waals surface area contributed by atoms with Crippen LogP contribution in [0.1, 0.15) is 24.2 Å². The summed E-state index contributed by atoms with van der Waals surface area (Å²) in [6.45, 7) is 2.74. The summed E-state index contributed by atoms with van der Waals surface area (Å²) in [5.74, 6) is -1.88. The Kier molecular flexibility index (Phi) is 7.86.